The van der Waals surface area contributed by atoms with Gasteiger partial charge >= 0.3 is 0 Å². The molecule has 0 bridgehead atoms. The molecule has 1 aliphatic rings. The Balaban J connectivity index is 1.48. The van der Waals surface area contributed by atoms with Crippen LogP contribution in [-0.2, 0) is 6.54 Å². The van der Waals surface area contributed by atoms with Crippen LogP contribution in [0.5, 0.6) is 0 Å². The summed E-state index contributed by atoms with van der Waals surface area (Å²) in [7, 11) is 0. The molecule has 2 N–H and O–H groups in total. The van der Waals surface area contributed by atoms with Crippen LogP contribution in [0.3, 0.4) is 0 Å². The highest BCUT2D eigenvalue weighted by atomic mass is 32.1. The Morgan fingerprint density at radius 2 is 1.87 bits per heavy atom. The first-order valence-electron chi connectivity index (χ1n) is 7.79. The van der Waals surface area contributed by atoms with Crippen LogP contribution in [0, 0.1) is 5.82 Å². The Kier molecular flexibility index (Phi) is 5.20. The lowest BCUT2D eigenvalue weighted by Gasteiger charge is -2.18. The minimum Gasteiger partial charge on any atom is -0.358 e. The van der Waals surface area contributed by atoms with Crippen LogP contribution in [0.25, 0.3) is 0 Å². The zero-order chi connectivity index (χ0) is 16.1. The lowest BCUT2D eigenvalue weighted by Crippen LogP contribution is -2.39. The number of para-hydroxylation sites is 1. The first-order valence-corrected chi connectivity index (χ1v) is 8.20. The minimum atomic E-state index is -0.297. The highest BCUT2D eigenvalue weighted by Gasteiger charge is 2.23. The fraction of sp³-hybridized carbons (Fsp3) is 0.278. The number of nitrogens with one attached hydrogen (secondary N) is 2. The molecule has 0 amide bonds. The maximum Gasteiger partial charge on any atom is 0.171 e. The summed E-state index contributed by atoms with van der Waals surface area (Å²) in [5, 5.41) is 6.68. The molecule has 1 atom stereocenters. The Morgan fingerprint density at radius 1 is 1.13 bits per heavy atom. The smallest absolute Gasteiger partial charge is 0.171 e. The number of hydrogen-bond acceptors (Lipinski definition) is 2. The van der Waals surface area contributed by atoms with Crippen molar-refractivity contribution in [3.8, 4) is 0 Å². The first-order chi connectivity index (χ1) is 11.2. The Labute approximate surface area is 141 Å². The Hall–Kier alpha value is -1.98. The zero-order valence-corrected chi connectivity index (χ0v) is 13.7. The predicted octanol–water partition coefficient (Wildman–Crippen LogP) is 3.39. The van der Waals surface area contributed by atoms with Gasteiger partial charge in [-0.15, -0.1) is 0 Å². The van der Waals surface area contributed by atoms with E-state index in [0.717, 1.165) is 26.1 Å². The van der Waals surface area contributed by atoms with Gasteiger partial charge in [0.05, 0.1) is 5.69 Å². The highest BCUT2D eigenvalue weighted by molar-refractivity contribution is 7.80. The van der Waals surface area contributed by atoms with Gasteiger partial charge in [0.1, 0.15) is 5.82 Å². The SMILES string of the molecule is Fc1ccccc1NC(=S)N[C@@H]1CCN(Cc2ccccc2)C1. The molecule has 5 heteroatoms. The number of thiocarbonyl (C=S) groups is 1. The van der Waals surface area contributed by atoms with Gasteiger partial charge in [-0.1, -0.05) is 42.5 Å². The number of likely N-dealkylation sites (tertiary alicyclic amines) is 1. The molecule has 0 spiro atoms. The van der Waals surface area contributed by atoms with E-state index >= 15 is 0 Å². The fourth-order valence-corrected chi connectivity index (χ4v) is 3.12. The van der Waals surface area contributed by atoms with Gasteiger partial charge in [-0.25, -0.2) is 4.39 Å². The van der Waals surface area contributed by atoms with Gasteiger partial charge in [0.25, 0.3) is 0 Å². The third-order valence-corrected chi connectivity index (χ3v) is 4.20. The Morgan fingerprint density at radius 3 is 2.65 bits per heavy atom. The summed E-state index contributed by atoms with van der Waals surface area (Å²) in [6, 6.07) is 17.3. The van der Waals surface area contributed by atoms with Crippen molar-refractivity contribution in [3.63, 3.8) is 0 Å². The molecular formula is C18H20FN3S. The average molecular weight is 329 g/mol. The quantitative estimate of drug-likeness (QED) is 0.841. The maximum absolute atomic E-state index is 13.6. The second kappa shape index (κ2) is 7.53. The molecule has 0 saturated carbocycles. The molecule has 0 aliphatic carbocycles. The van der Waals surface area contributed by atoms with Crippen molar-refractivity contribution in [3.05, 3.63) is 66.0 Å². The molecule has 120 valence electrons. The second-order valence-electron chi connectivity index (χ2n) is 5.78. The van der Waals surface area contributed by atoms with Crippen molar-refractivity contribution >= 4 is 23.0 Å². The molecule has 1 heterocycles. The summed E-state index contributed by atoms with van der Waals surface area (Å²) in [6.07, 6.45) is 1.03. The van der Waals surface area contributed by atoms with E-state index in [1.165, 1.54) is 11.6 Å². The monoisotopic (exact) mass is 329 g/mol. The summed E-state index contributed by atoms with van der Waals surface area (Å²) < 4.78 is 13.6. The summed E-state index contributed by atoms with van der Waals surface area (Å²) in [6.45, 7) is 2.93. The molecule has 3 rings (SSSR count). The van der Waals surface area contributed by atoms with E-state index in [1.54, 1.807) is 18.2 Å². The van der Waals surface area contributed by atoms with E-state index in [4.69, 9.17) is 12.2 Å². The predicted molar refractivity (Wildman–Crippen MR) is 95.9 cm³/mol. The second-order valence-corrected chi connectivity index (χ2v) is 6.19. The van der Waals surface area contributed by atoms with Gasteiger partial charge < -0.3 is 10.6 Å². The van der Waals surface area contributed by atoms with E-state index in [1.807, 2.05) is 6.07 Å². The number of benzene rings is 2. The van der Waals surface area contributed by atoms with Crippen LogP contribution in [0.1, 0.15) is 12.0 Å². The molecule has 2 aromatic carbocycles. The third kappa shape index (κ3) is 4.50. The van der Waals surface area contributed by atoms with Crippen molar-refractivity contribution < 1.29 is 4.39 Å². The van der Waals surface area contributed by atoms with Crippen molar-refractivity contribution in [1.29, 1.82) is 0 Å². The molecule has 23 heavy (non-hydrogen) atoms. The van der Waals surface area contributed by atoms with E-state index in [0.29, 0.717) is 16.8 Å². The zero-order valence-electron chi connectivity index (χ0n) is 12.8. The summed E-state index contributed by atoms with van der Waals surface area (Å²) in [4.78, 5) is 2.40. The Bertz CT molecular complexity index is 662. The van der Waals surface area contributed by atoms with E-state index in [2.05, 4.69) is 39.8 Å². The van der Waals surface area contributed by atoms with Crippen LogP contribution >= 0.6 is 12.2 Å². The van der Waals surface area contributed by atoms with Crippen molar-refractivity contribution in [2.45, 2.75) is 19.0 Å². The molecule has 2 aromatic rings. The lowest BCUT2D eigenvalue weighted by atomic mass is 10.2. The molecule has 1 fully saturated rings. The molecule has 0 aromatic heterocycles. The third-order valence-electron chi connectivity index (χ3n) is 3.98. The standard InChI is InChI=1S/C18H20FN3S/c19-16-8-4-5-9-17(16)21-18(23)20-15-10-11-22(13-15)12-14-6-2-1-3-7-14/h1-9,15H,10-13H2,(H2,20,21,23)/t15-/m1/s1. The normalized spacial score (nSPS) is 17.9. The number of halogens is 1. The molecule has 0 radical (unpaired) electrons. The van der Waals surface area contributed by atoms with E-state index in [-0.39, 0.29) is 5.82 Å². The van der Waals surface area contributed by atoms with Crippen LogP contribution < -0.4 is 10.6 Å². The molecule has 1 saturated heterocycles. The first kappa shape index (κ1) is 15.9. The molecule has 0 unspecified atom stereocenters. The summed E-state index contributed by atoms with van der Waals surface area (Å²) >= 11 is 5.29. The van der Waals surface area contributed by atoms with Crippen LogP contribution in [-0.4, -0.2) is 29.1 Å². The summed E-state index contributed by atoms with van der Waals surface area (Å²) in [5.74, 6) is -0.297. The number of rotatable bonds is 4. The maximum atomic E-state index is 13.6. The number of anilines is 1. The molecule has 1 aliphatic heterocycles. The van der Waals surface area contributed by atoms with Gasteiger partial charge in [0.2, 0.25) is 0 Å². The minimum absolute atomic E-state index is 0.297. The lowest BCUT2D eigenvalue weighted by molar-refractivity contribution is 0.324. The van der Waals surface area contributed by atoms with Gasteiger partial charge in [0.15, 0.2) is 5.11 Å². The van der Waals surface area contributed by atoms with Gasteiger partial charge in [-0.05, 0) is 36.3 Å². The largest absolute Gasteiger partial charge is 0.358 e. The van der Waals surface area contributed by atoms with Crippen LogP contribution in [0.15, 0.2) is 54.6 Å². The van der Waals surface area contributed by atoms with E-state index < -0.39 is 0 Å². The number of hydrogen-bond donors (Lipinski definition) is 2. The number of nitrogens with zero attached hydrogens (tertiary/aromatic N) is 1. The summed E-state index contributed by atoms with van der Waals surface area (Å²) in [5.41, 5.74) is 1.73. The average Bonchev–Trinajstić information content (AvgIpc) is 2.97. The van der Waals surface area contributed by atoms with Crippen molar-refractivity contribution in [1.82, 2.24) is 10.2 Å². The van der Waals surface area contributed by atoms with Crippen molar-refractivity contribution in [2.24, 2.45) is 0 Å². The molecular weight excluding hydrogens is 309 g/mol. The highest BCUT2D eigenvalue weighted by Crippen LogP contribution is 2.15. The molecule has 3 nitrogen and oxygen atoms in total. The van der Waals surface area contributed by atoms with Crippen LogP contribution in [0.4, 0.5) is 10.1 Å². The van der Waals surface area contributed by atoms with Crippen LogP contribution in [0.2, 0.25) is 0 Å². The topological polar surface area (TPSA) is 27.3 Å². The van der Waals surface area contributed by atoms with Crippen molar-refractivity contribution in [2.75, 3.05) is 18.4 Å². The fourth-order valence-electron chi connectivity index (χ4n) is 2.84. The van der Waals surface area contributed by atoms with E-state index in [9.17, 15) is 4.39 Å². The van der Waals surface area contributed by atoms with Gasteiger partial charge in [-0.3, -0.25) is 4.90 Å². The van der Waals surface area contributed by atoms with Gasteiger partial charge in [-0.2, -0.15) is 0 Å². The van der Waals surface area contributed by atoms with Gasteiger partial charge in [0, 0.05) is 25.7 Å².